The lowest BCUT2D eigenvalue weighted by atomic mass is 9.93. The molecule has 10 atom stereocenters. The average molecular weight is 701 g/mol. The van der Waals surface area contributed by atoms with Crippen LogP contribution in [0.4, 0.5) is 17.6 Å². The third-order valence-electron chi connectivity index (χ3n) is 8.02. The molecular formula is C27H28F4N8O8S. The molecule has 5 unspecified atom stereocenters. The van der Waals surface area contributed by atoms with Gasteiger partial charge in [0.25, 0.3) is 0 Å². The number of aliphatic hydroxyl groups is 6. The highest BCUT2D eigenvalue weighted by Crippen LogP contribution is 2.38. The van der Waals surface area contributed by atoms with E-state index in [0.29, 0.717) is 12.1 Å². The molecule has 0 saturated carbocycles. The average Bonchev–Trinajstić information content (AvgIpc) is 3.75. The first-order valence-corrected chi connectivity index (χ1v) is 15.4. The number of halogens is 4. The summed E-state index contributed by atoms with van der Waals surface area (Å²) in [7, 11) is 0. The molecule has 0 bridgehead atoms. The summed E-state index contributed by atoms with van der Waals surface area (Å²) in [6, 6.07) is -1.09. The molecular weight excluding hydrogens is 672 g/mol. The molecule has 0 radical (unpaired) electrons. The number of hydrogen-bond acceptors (Lipinski definition) is 15. The lowest BCUT2D eigenvalue weighted by molar-refractivity contribution is -0.199. The Morgan fingerprint density at radius 3 is 1.83 bits per heavy atom. The maximum Gasteiger partial charge on any atom is 0.194 e. The van der Waals surface area contributed by atoms with Crippen molar-refractivity contribution in [2.45, 2.75) is 60.2 Å². The molecule has 258 valence electrons. The van der Waals surface area contributed by atoms with E-state index in [4.69, 9.17) is 9.47 Å². The van der Waals surface area contributed by atoms with Crippen LogP contribution >= 0.6 is 11.8 Å². The molecule has 2 aliphatic heterocycles. The Balaban J connectivity index is 1.19. The summed E-state index contributed by atoms with van der Waals surface area (Å²) < 4.78 is 68.0. The number of rotatable bonds is 9. The molecule has 4 aromatic rings. The Kier molecular flexibility index (Phi) is 10.0. The van der Waals surface area contributed by atoms with Crippen molar-refractivity contribution in [3.05, 3.63) is 60.2 Å². The zero-order valence-corrected chi connectivity index (χ0v) is 25.2. The highest BCUT2D eigenvalue weighted by Gasteiger charge is 2.49. The molecule has 6 rings (SSSR count). The van der Waals surface area contributed by atoms with Crippen LogP contribution in [-0.4, -0.2) is 138 Å². The fraction of sp³-hybridized carbons (Fsp3) is 0.481. The Morgan fingerprint density at radius 2 is 1.23 bits per heavy atom. The number of aliphatic hydroxyl groups excluding tert-OH is 6. The van der Waals surface area contributed by atoms with E-state index in [1.165, 1.54) is 12.4 Å². The van der Waals surface area contributed by atoms with Crippen molar-refractivity contribution < 1.29 is 57.7 Å². The van der Waals surface area contributed by atoms with Crippen LogP contribution in [0, 0.1) is 23.3 Å². The quantitative estimate of drug-likeness (QED) is 0.0908. The summed E-state index contributed by atoms with van der Waals surface area (Å²) in [6.07, 6.45) is -5.22. The van der Waals surface area contributed by atoms with Crippen LogP contribution in [0.5, 0.6) is 0 Å². The van der Waals surface area contributed by atoms with Crippen LogP contribution in [0.1, 0.15) is 12.1 Å². The van der Waals surface area contributed by atoms with Crippen molar-refractivity contribution in [2.24, 2.45) is 0 Å². The van der Waals surface area contributed by atoms with Gasteiger partial charge in [-0.2, -0.15) is 0 Å². The minimum Gasteiger partial charge on any atom is -0.394 e. The molecule has 5 heterocycles. The van der Waals surface area contributed by atoms with Gasteiger partial charge in [0.2, 0.25) is 0 Å². The van der Waals surface area contributed by atoms with Gasteiger partial charge in [0.1, 0.15) is 65.5 Å². The molecule has 0 aliphatic carbocycles. The minimum absolute atomic E-state index is 0.0274. The third-order valence-corrected chi connectivity index (χ3v) is 9.26. The maximum absolute atomic E-state index is 13.8. The molecule has 3 aromatic heterocycles. The van der Waals surface area contributed by atoms with E-state index in [-0.39, 0.29) is 28.5 Å². The standard InChI is InChI=1S/C27H28F4N8O8S/c28-11-3-32-26(33-4-11)15-6-39(37-35-15)20-22(42)16(7-40)46-18(24(20)44)9-48-27-25(45)21(23(43)17(8-41)47-27)38-5-14(34-36-38)10-1-12(29)19(31)13(30)2-10/h1-6,16-18,20-25,27,40-45H,7-9H2/t16-,17?,18+,20?,21?,22?,23+,24+,25?,27+/m1/s1. The van der Waals surface area contributed by atoms with Gasteiger partial charge in [-0.3, -0.25) is 0 Å². The zero-order chi connectivity index (χ0) is 34.3. The second-order valence-corrected chi connectivity index (χ2v) is 12.2. The van der Waals surface area contributed by atoms with Crippen molar-refractivity contribution in [2.75, 3.05) is 19.0 Å². The number of thioether (sulfide) groups is 1. The monoisotopic (exact) mass is 700 g/mol. The van der Waals surface area contributed by atoms with E-state index in [2.05, 4.69) is 30.6 Å². The van der Waals surface area contributed by atoms with Crippen molar-refractivity contribution in [3.63, 3.8) is 0 Å². The second kappa shape index (κ2) is 14.1. The maximum atomic E-state index is 13.8. The molecule has 1 aromatic carbocycles. The van der Waals surface area contributed by atoms with E-state index in [9.17, 15) is 48.2 Å². The van der Waals surface area contributed by atoms with Gasteiger partial charge < -0.3 is 40.1 Å². The van der Waals surface area contributed by atoms with Crippen LogP contribution < -0.4 is 0 Å². The van der Waals surface area contributed by atoms with Crippen molar-refractivity contribution in [1.82, 2.24) is 40.0 Å². The first kappa shape index (κ1) is 34.2. The van der Waals surface area contributed by atoms with Gasteiger partial charge in [0.15, 0.2) is 29.1 Å². The van der Waals surface area contributed by atoms with E-state index in [1.807, 2.05) is 0 Å². The molecule has 2 saturated heterocycles. The third kappa shape index (κ3) is 6.52. The second-order valence-electron chi connectivity index (χ2n) is 11.0. The number of ether oxygens (including phenoxy) is 2. The SMILES string of the molecule is OCC1O[C@@H](SC[C@@H]2O[C@H](CO)C(O)C(n3cc(-c4ncc(F)cn4)nn3)[C@H]2O)C(O)C(n2cc(-c3cc(F)c(F)c(F)c3)nn2)[C@H]1O. The molecule has 2 aliphatic rings. The fourth-order valence-electron chi connectivity index (χ4n) is 5.56. The van der Waals surface area contributed by atoms with Gasteiger partial charge in [-0.15, -0.1) is 22.0 Å². The highest BCUT2D eigenvalue weighted by atomic mass is 32.2. The van der Waals surface area contributed by atoms with Gasteiger partial charge in [-0.1, -0.05) is 10.4 Å². The minimum atomic E-state index is -1.67. The smallest absolute Gasteiger partial charge is 0.194 e. The van der Waals surface area contributed by atoms with E-state index in [1.54, 1.807) is 0 Å². The van der Waals surface area contributed by atoms with Crippen LogP contribution in [0.25, 0.3) is 22.8 Å². The number of hydrogen-bond donors (Lipinski definition) is 6. The summed E-state index contributed by atoms with van der Waals surface area (Å²) in [5.41, 5.74) is -1.35. The summed E-state index contributed by atoms with van der Waals surface area (Å²) in [4.78, 5) is 7.66. The molecule has 48 heavy (non-hydrogen) atoms. The summed E-state index contributed by atoms with van der Waals surface area (Å²) in [6.45, 7) is -1.33. The highest BCUT2D eigenvalue weighted by molar-refractivity contribution is 7.99. The molecule has 0 spiro atoms. The number of benzene rings is 1. The zero-order valence-electron chi connectivity index (χ0n) is 24.4. The Labute approximate surface area is 271 Å². The van der Waals surface area contributed by atoms with Gasteiger partial charge >= 0.3 is 0 Å². The van der Waals surface area contributed by atoms with E-state index in [0.717, 1.165) is 33.5 Å². The summed E-state index contributed by atoms with van der Waals surface area (Å²) in [5, 5.41) is 79.8. The van der Waals surface area contributed by atoms with Gasteiger partial charge in [0, 0.05) is 11.3 Å². The number of nitrogens with zero attached hydrogens (tertiary/aromatic N) is 8. The van der Waals surface area contributed by atoms with E-state index >= 15 is 0 Å². The summed E-state index contributed by atoms with van der Waals surface area (Å²) in [5.74, 6) is -5.35. The molecule has 0 amide bonds. The molecule has 6 N–H and O–H groups in total. The van der Waals surface area contributed by atoms with Crippen LogP contribution in [-0.2, 0) is 9.47 Å². The largest absolute Gasteiger partial charge is 0.394 e. The molecule has 2 fully saturated rings. The van der Waals surface area contributed by atoms with Gasteiger partial charge in [0.05, 0.1) is 44.1 Å². The van der Waals surface area contributed by atoms with Crippen LogP contribution in [0.2, 0.25) is 0 Å². The van der Waals surface area contributed by atoms with E-state index < -0.39 is 96.7 Å². The topological polar surface area (TPSA) is 227 Å². The van der Waals surface area contributed by atoms with Crippen molar-refractivity contribution in [3.8, 4) is 22.8 Å². The Morgan fingerprint density at radius 1 is 0.708 bits per heavy atom. The number of aromatic nitrogens is 8. The van der Waals surface area contributed by atoms with Crippen molar-refractivity contribution in [1.29, 1.82) is 0 Å². The first-order valence-electron chi connectivity index (χ1n) is 14.3. The van der Waals surface area contributed by atoms with Crippen LogP contribution in [0.3, 0.4) is 0 Å². The van der Waals surface area contributed by atoms with Crippen LogP contribution in [0.15, 0.2) is 36.9 Å². The Bertz CT molecular complexity index is 1700. The lowest BCUT2D eigenvalue weighted by Crippen LogP contribution is -2.57. The van der Waals surface area contributed by atoms with Gasteiger partial charge in [-0.25, -0.2) is 36.9 Å². The fourth-order valence-corrected chi connectivity index (χ4v) is 6.80. The predicted octanol–water partition coefficient (Wildman–Crippen LogP) is -1.01. The Hall–Kier alpha value is -3.67. The molecule has 21 heteroatoms. The van der Waals surface area contributed by atoms with Crippen molar-refractivity contribution >= 4 is 11.8 Å². The lowest BCUT2D eigenvalue weighted by Gasteiger charge is -2.44. The van der Waals surface area contributed by atoms with Gasteiger partial charge in [-0.05, 0) is 12.1 Å². The first-order chi connectivity index (χ1) is 23.0. The summed E-state index contributed by atoms with van der Waals surface area (Å²) >= 11 is 0.913. The predicted molar refractivity (Wildman–Crippen MR) is 152 cm³/mol. The molecule has 16 nitrogen and oxygen atoms in total. The normalized spacial score (nSPS) is 30.9.